The molecule has 0 aromatic heterocycles. The number of esters is 1. The fourth-order valence-corrected chi connectivity index (χ4v) is 3.84. The van der Waals surface area contributed by atoms with Crippen LogP contribution in [0.1, 0.15) is 46.0 Å². The Kier molecular flexibility index (Phi) is 5.76. The molecule has 0 amide bonds. The molecule has 1 aliphatic heterocycles. The van der Waals surface area contributed by atoms with Gasteiger partial charge in [-0.15, -0.1) is 0 Å². The summed E-state index contributed by atoms with van der Waals surface area (Å²) in [7, 11) is 0. The molecule has 6 unspecified atom stereocenters. The molecule has 0 bridgehead atoms. The Morgan fingerprint density at radius 3 is 2.74 bits per heavy atom. The minimum atomic E-state index is -4.41. The first-order valence-corrected chi connectivity index (χ1v) is 8.36. The minimum absolute atomic E-state index is 0.0128. The van der Waals surface area contributed by atoms with Gasteiger partial charge in [-0.05, 0) is 24.7 Å². The van der Waals surface area contributed by atoms with E-state index in [0.717, 1.165) is 6.42 Å². The van der Waals surface area contributed by atoms with Crippen molar-refractivity contribution in [3.63, 3.8) is 0 Å². The molecule has 0 spiro atoms. The van der Waals surface area contributed by atoms with Gasteiger partial charge in [-0.25, -0.2) is 0 Å². The van der Waals surface area contributed by atoms with E-state index in [0.29, 0.717) is 19.3 Å². The number of allylic oxidation sites excluding steroid dienone is 1. The third-order valence-electron chi connectivity index (χ3n) is 5.15. The van der Waals surface area contributed by atoms with Crippen molar-refractivity contribution < 1.29 is 27.8 Å². The fourth-order valence-electron chi connectivity index (χ4n) is 3.84. The van der Waals surface area contributed by atoms with Crippen LogP contribution in [0.15, 0.2) is 12.2 Å². The number of carbonyl (C=O) groups is 1. The van der Waals surface area contributed by atoms with E-state index in [1.54, 1.807) is 6.08 Å². The van der Waals surface area contributed by atoms with Crippen molar-refractivity contribution in [3.05, 3.63) is 12.2 Å². The molecule has 3 nitrogen and oxygen atoms in total. The number of hydrogen-bond acceptors (Lipinski definition) is 3. The molecule has 1 saturated heterocycles. The standard InChI is InChI=1S/C17H25F3O3/c1-3-4-5-13(17(18,19)20)14(21)7-6-11-10(2)8-15-12(11)9-16(22)23-15/h6-7,10-15,21H,3-5,8-9H2,1-2H3/b7-6+. The van der Waals surface area contributed by atoms with E-state index >= 15 is 0 Å². The Labute approximate surface area is 134 Å². The van der Waals surface area contributed by atoms with Crippen molar-refractivity contribution in [2.45, 2.75) is 64.3 Å². The maximum Gasteiger partial charge on any atom is 0.394 e. The van der Waals surface area contributed by atoms with Gasteiger partial charge in [0.25, 0.3) is 0 Å². The van der Waals surface area contributed by atoms with Gasteiger partial charge in [0.15, 0.2) is 0 Å². The Hall–Kier alpha value is -1.04. The highest BCUT2D eigenvalue weighted by Gasteiger charge is 2.48. The van der Waals surface area contributed by atoms with Crippen molar-refractivity contribution in [1.29, 1.82) is 0 Å². The van der Waals surface area contributed by atoms with Crippen molar-refractivity contribution in [3.8, 4) is 0 Å². The molecule has 1 N–H and O–H groups in total. The average Bonchev–Trinajstić information content (AvgIpc) is 2.90. The number of halogens is 3. The van der Waals surface area contributed by atoms with E-state index < -0.39 is 18.2 Å². The molecule has 1 saturated carbocycles. The maximum atomic E-state index is 13.1. The van der Waals surface area contributed by atoms with Gasteiger partial charge >= 0.3 is 12.1 Å². The number of aliphatic hydroxyl groups is 1. The molecule has 2 fully saturated rings. The van der Waals surface area contributed by atoms with E-state index in [4.69, 9.17) is 4.74 Å². The molecule has 0 aromatic carbocycles. The van der Waals surface area contributed by atoms with Crippen LogP contribution in [0.2, 0.25) is 0 Å². The first kappa shape index (κ1) is 18.3. The van der Waals surface area contributed by atoms with Crippen LogP contribution in [-0.2, 0) is 9.53 Å². The molecule has 2 rings (SSSR count). The number of hydrogen-bond donors (Lipinski definition) is 1. The molecule has 1 heterocycles. The van der Waals surface area contributed by atoms with Gasteiger partial charge in [0, 0.05) is 5.92 Å². The zero-order chi connectivity index (χ0) is 17.2. The number of unbranched alkanes of at least 4 members (excludes halogenated alkanes) is 1. The SMILES string of the molecule is CCCCC(C(O)/C=C/C1C(C)CC2OC(=O)CC21)C(F)(F)F. The molecule has 6 atom stereocenters. The Bertz CT molecular complexity index is 447. The van der Waals surface area contributed by atoms with Gasteiger partial charge in [-0.1, -0.05) is 38.8 Å². The summed E-state index contributed by atoms with van der Waals surface area (Å²) in [5, 5.41) is 10.0. The van der Waals surface area contributed by atoms with E-state index in [2.05, 4.69) is 0 Å². The number of fused-ring (bicyclic) bond motifs is 1. The molecule has 0 aromatic rings. The van der Waals surface area contributed by atoms with Crippen LogP contribution < -0.4 is 0 Å². The van der Waals surface area contributed by atoms with Crippen molar-refractivity contribution in [1.82, 2.24) is 0 Å². The molecule has 1 aliphatic carbocycles. The van der Waals surface area contributed by atoms with Crippen LogP contribution in [0.5, 0.6) is 0 Å². The summed E-state index contributed by atoms with van der Waals surface area (Å²) >= 11 is 0. The third-order valence-corrected chi connectivity index (χ3v) is 5.15. The monoisotopic (exact) mass is 334 g/mol. The van der Waals surface area contributed by atoms with E-state index in [1.165, 1.54) is 6.08 Å². The summed E-state index contributed by atoms with van der Waals surface area (Å²) < 4.78 is 44.5. The molecule has 132 valence electrons. The zero-order valence-electron chi connectivity index (χ0n) is 13.6. The van der Waals surface area contributed by atoms with Crippen LogP contribution in [0, 0.1) is 23.7 Å². The zero-order valence-corrected chi connectivity index (χ0v) is 13.6. The van der Waals surface area contributed by atoms with Gasteiger partial charge in [0.1, 0.15) is 6.10 Å². The normalized spacial score (nSPS) is 33.7. The number of rotatable bonds is 6. The summed E-state index contributed by atoms with van der Waals surface area (Å²) in [6.07, 6.45) is -1.04. The lowest BCUT2D eigenvalue weighted by Gasteiger charge is -2.24. The largest absolute Gasteiger partial charge is 0.462 e. The topological polar surface area (TPSA) is 46.5 Å². The second kappa shape index (κ2) is 7.24. The smallest absolute Gasteiger partial charge is 0.394 e. The second-order valence-corrected chi connectivity index (χ2v) is 6.85. The molecule has 6 heteroatoms. The van der Waals surface area contributed by atoms with E-state index in [1.807, 2.05) is 13.8 Å². The first-order valence-electron chi connectivity index (χ1n) is 8.36. The summed E-state index contributed by atoms with van der Waals surface area (Å²) in [4.78, 5) is 11.4. The summed E-state index contributed by atoms with van der Waals surface area (Å²) in [5.41, 5.74) is 0. The van der Waals surface area contributed by atoms with Crippen molar-refractivity contribution in [2.75, 3.05) is 0 Å². The third kappa shape index (κ3) is 4.28. The van der Waals surface area contributed by atoms with Crippen LogP contribution >= 0.6 is 0 Å². The summed E-state index contributed by atoms with van der Waals surface area (Å²) in [6.45, 7) is 3.83. The van der Waals surface area contributed by atoms with Crippen LogP contribution in [0.3, 0.4) is 0 Å². The Morgan fingerprint density at radius 2 is 2.13 bits per heavy atom. The van der Waals surface area contributed by atoms with Crippen molar-refractivity contribution in [2.24, 2.45) is 23.7 Å². The molecule has 23 heavy (non-hydrogen) atoms. The van der Waals surface area contributed by atoms with Crippen LogP contribution in [0.25, 0.3) is 0 Å². The highest BCUT2D eigenvalue weighted by atomic mass is 19.4. The molecular formula is C17H25F3O3. The van der Waals surface area contributed by atoms with Crippen LogP contribution in [-0.4, -0.2) is 29.5 Å². The van der Waals surface area contributed by atoms with Gasteiger partial charge in [0.05, 0.1) is 18.4 Å². The van der Waals surface area contributed by atoms with E-state index in [-0.39, 0.29) is 36.2 Å². The summed E-state index contributed by atoms with van der Waals surface area (Å²) in [5.74, 6) is -1.71. The highest BCUT2D eigenvalue weighted by Crippen LogP contribution is 2.45. The van der Waals surface area contributed by atoms with Crippen molar-refractivity contribution >= 4 is 5.97 Å². The lowest BCUT2D eigenvalue weighted by Crippen LogP contribution is -2.33. The number of aliphatic hydroxyl groups excluding tert-OH is 1. The Morgan fingerprint density at radius 1 is 1.43 bits per heavy atom. The number of ether oxygens (including phenoxy) is 1. The van der Waals surface area contributed by atoms with Gasteiger partial charge in [0.2, 0.25) is 0 Å². The number of carbonyl (C=O) groups excluding carboxylic acids is 1. The number of alkyl halides is 3. The van der Waals surface area contributed by atoms with Crippen LogP contribution in [0.4, 0.5) is 13.2 Å². The lowest BCUT2D eigenvalue weighted by molar-refractivity contribution is -0.195. The highest BCUT2D eigenvalue weighted by molar-refractivity contribution is 5.72. The van der Waals surface area contributed by atoms with E-state index in [9.17, 15) is 23.1 Å². The molecule has 2 aliphatic rings. The predicted molar refractivity (Wildman–Crippen MR) is 79.5 cm³/mol. The maximum absolute atomic E-state index is 13.1. The summed E-state index contributed by atoms with van der Waals surface area (Å²) in [6, 6.07) is 0. The average molecular weight is 334 g/mol. The first-order chi connectivity index (χ1) is 10.7. The lowest BCUT2D eigenvalue weighted by atomic mass is 9.86. The second-order valence-electron chi connectivity index (χ2n) is 6.85. The van der Waals surface area contributed by atoms with Gasteiger partial charge in [-0.2, -0.15) is 13.2 Å². The minimum Gasteiger partial charge on any atom is -0.462 e. The predicted octanol–water partition coefficient (Wildman–Crippen LogP) is 3.86. The quantitative estimate of drug-likeness (QED) is 0.593. The molecule has 0 radical (unpaired) electrons. The van der Waals surface area contributed by atoms with Gasteiger partial charge in [-0.3, -0.25) is 4.79 Å². The van der Waals surface area contributed by atoms with Gasteiger partial charge < -0.3 is 9.84 Å². The molecular weight excluding hydrogens is 309 g/mol. The Balaban J connectivity index is 2.03. The fraction of sp³-hybridized carbons (Fsp3) is 0.824.